The van der Waals surface area contributed by atoms with Crippen LogP contribution in [-0.2, 0) is 11.2 Å². The first-order valence-electron chi connectivity index (χ1n) is 8.08. The lowest BCUT2D eigenvalue weighted by atomic mass is 9.81. The van der Waals surface area contributed by atoms with Gasteiger partial charge in [0.05, 0.1) is 6.10 Å². The Bertz CT molecular complexity index is 790. The number of ketones is 1. The third-order valence-electron chi connectivity index (χ3n) is 4.38. The fourth-order valence-electron chi connectivity index (χ4n) is 3.28. The Kier molecular flexibility index (Phi) is 4.26. The second kappa shape index (κ2) is 6.23. The van der Waals surface area contributed by atoms with Crippen molar-refractivity contribution in [3.8, 4) is 0 Å². The maximum Gasteiger partial charge on any atom is 0.355 e. The topological polar surface area (TPSA) is 59.2 Å². The van der Waals surface area contributed by atoms with Crippen LogP contribution in [0.3, 0.4) is 0 Å². The summed E-state index contributed by atoms with van der Waals surface area (Å²) in [5.41, 5.74) is 3.28. The highest BCUT2D eigenvalue weighted by Gasteiger charge is 2.32. The fourth-order valence-corrected chi connectivity index (χ4v) is 3.28. The first-order chi connectivity index (χ1) is 11.4. The minimum atomic E-state index is -0.442. The quantitative estimate of drug-likeness (QED) is 0.868. The third-order valence-corrected chi connectivity index (χ3v) is 4.38. The first kappa shape index (κ1) is 16.4. The van der Waals surface area contributed by atoms with Gasteiger partial charge in [0.1, 0.15) is 11.5 Å². The summed E-state index contributed by atoms with van der Waals surface area (Å²) >= 11 is 0. The van der Waals surface area contributed by atoms with Crippen LogP contribution in [0.5, 0.6) is 0 Å². The summed E-state index contributed by atoms with van der Waals surface area (Å²) in [6, 6.07) is 6.23. The summed E-state index contributed by atoms with van der Waals surface area (Å²) in [5.74, 6) is -0.750. The van der Waals surface area contributed by atoms with E-state index in [1.165, 1.54) is 12.1 Å². The van der Waals surface area contributed by atoms with E-state index in [0.717, 1.165) is 11.3 Å². The van der Waals surface area contributed by atoms with Gasteiger partial charge in [-0.15, -0.1) is 0 Å². The van der Waals surface area contributed by atoms with Crippen LogP contribution < -0.4 is 0 Å². The zero-order chi connectivity index (χ0) is 17.4. The van der Waals surface area contributed by atoms with Gasteiger partial charge in [0.15, 0.2) is 5.78 Å². The molecule has 2 aromatic rings. The number of aromatic amines is 1. The number of fused-ring (bicyclic) bond motifs is 1. The van der Waals surface area contributed by atoms with Crippen molar-refractivity contribution in [3.63, 3.8) is 0 Å². The summed E-state index contributed by atoms with van der Waals surface area (Å²) in [7, 11) is 0. The average Bonchev–Trinajstić information content (AvgIpc) is 2.85. The lowest BCUT2D eigenvalue weighted by molar-refractivity contribution is 0.0370. The Morgan fingerprint density at radius 2 is 1.92 bits per heavy atom. The predicted octanol–water partition coefficient (Wildman–Crippen LogP) is 3.94. The molecular weight excluding hydrogens is 309 g/mol. The molecule has 24 heavy (non-hydrogen) atoms. The van der Waals surface area contributed by atoms with E-state index in [-0.39, 0.29) is 23.6 Å². The highest BCUT2D eigenvalue weighted by Crippen LogP contribution is 2.35. The standard InChI is InChI=1S/C19H20FNO3/c1-10(2)24-19(23)18-11(3)17-15(21-18)8-13(9-16(17)22)12-4-6-14(20)7-5-12/h4-7,10,13,21H,8-9H2,1-3H3. The van der Waals surface area contributed by atoms with Gasteiger partial charge < -0.3 is 9.72 Å². The number of rotatable bonds is 3. The number of carbonyl (C=O) groups excluding carboxylic acids is 2. The summed E-state index contributed by atoms with van der Waals surface area (Å²) in [4.78, 5) is 27.8. The van der Waals surface area contributed by atoms with Crippen LogP contribution in [0, 0.1) is 12.7 Å². The van der Waals surface area contributed by atoms with Crippen molar-refractivity contribution in [1.82, 2.24) is 4.98 Å². The molecular formula is C19H20FNO3. The number of Topliss-reactive ketones (excluding diaryl/α,β-unsaturated/α-hetero) is 1. The van der Waals surface area contributed by atoms with Gasteiger partial charge in [-0.2, -0.15) is 0 Å². The Balaban J connectivity index is 1.92. The van der Waals surface area contributed by atoms with Gasteiger partial charge in [-0.25, -0.2) is 9.18 Å². The highest BCUT2D eigenvalue weighted by molar-refractivity contribution is 6.03. The van der Waals surface area contributed by atoms with Gasteiger partial charge in [-0.05, 0) is 56.4 Å². The SMILES string of the molecule is Cc1c(C(=O)OC(C)C)[nH]c2c1C(=O)CC(c1ccc(F)cc1)C2. The van der Waals surface area contributed by atoms with Gasteiger partial charge in [-0.1, -0.05) is 12.1 Å². The second-order valence-corrected chi connectivity index (χ2v) is 6.51. The van der Waals surface area contributed by atoms with E-state index < -0.39 is 5.97 Å². The molecule has 1 aliphatic carbocycles. The van der Waals surface area contributed by atoms with E-state index in [1.807, 2.05) is 0 Å². The maximum absolute atomic E-state index is 13.1. The van der Waals surface area contributed by atoms with E-state index in [0.29, 0.717) is 29.7 Å². The Hall–Kier alpha value is -2.43. The molecule has 5 heteroatoms. The predicted molar refractivity (Wildman–Crippen MR) is 87.9 cm³/mol. The number of H-pyrrole nitrogens is 1. The van der Waals surface area contributed by atoms with Gasteiger partial charge in [-0.3, -0.25) is 4.79 Å². The van der Waals surface area contributed by atoms with Crippen LogP contribution >= 0.6 is 0 Å². The van der Waals surface area contributed by atoms with Crippen LogP contribution in [-0.4, -0.2) is 22.8 Å². The van der Waals surface area contributed by atoms with Gasteiger partial charge in [0.25, 0.3) is 0 Å². The van der Waals surface area contributed by atoms with Gasteiger partial charge in [0, 0.05) is 17.7 Å². The molecule has 1 heterocycles. The number of carbonyl (C=O) groups is 2. The van der Waals surface area contributed by atoms with E-state index in [9.17, 15) is 14.0 Å². The second-order valence-electron chi connectivity index (χ2n) is 6.51. The summed E-state index contributed by atoms with van der Waals surface area (Å²) in [5, 5.41) is 0. The lowest BCUT2D eigenvalue weighted by Gasteiger charge is -2.22. The zero-order valence-electron chi connectivity index (χ0n) is 14.0. The summed E-state index contributed by atoms with van der Waals surface area (Å²) in [6.45, 7) is 5.33. The van der Waals surface area contributed by atoms with Crippen molar-refractivity contribution in [2.45, 2.75) is 45.6 Å². The van der Waals surface area contributed by atoms with E-state index in [4.69, 9.17) is 4.74 Å². The average molecular weight is 329 g/mol. The van der Waals surface area contributed by atoms with Crippen LogP contribution in [0.1, 0.15) is 63.9 Å². The Morgan fingerprint density at radius 3 is 2.54 bits per heavy atom. The summed E-state index contributed by atoms with van der Waals surface area (Å²) < 4.78 is 18.3. The molecule has 1 aromatic carbocycles. The molecule has 0 amide bonds. The molecule has 1 aromatic heterocycles. The number of benzene rings is 1. The molecule has 4 nitrogen and oxygen atoms in total. The first-order valence-corrected chi connectivity index (χ1v) is 8.08. The Labute approximate surface area is 140 Å². The molecule has 0 saturated heterocycles. The fraction of sp³-hybridized carbons (Fsp3) is 0.368. The molecule has 1 atom stereocenters. The molecule has 0 spiro atoms. The molecule has 0 fully saturated rings. The third kappa shape index (κ3) is 2.98. The number of nitrogens with one attached hydrogen (secondary N) is 1. The van der Waals surface area contributed by atoms with E-state index in [2.05, 4.69) is 4.98 Å². The van der Waals surface area contributed by atoms with Crippen molar-refractivity contribution >= 4 is 11.8 Å². The molecule has 0 saturated carbocycles. The molecule has 0 radical (unpaired) electrons. The number of halogens is 1. The highest BCUT2D eigenvalue weighted by atomic mass is 19.1. The minimum Gasteiger partial charge on any atom is -0.458 e. The zero-order valence-corrected chi connectivity index (χ0v) is 14.0. The van der Waals surface area contributed by atoms with Crippen LogP contribution in [0.15, 0.2) is 24.3 Å². The number of hydrogen-bond acceptors (Lipinski definition) is 3. The Morgan fingerprint density at radius 1 is 1.25 bits per heavy atom. The van der Waals surface area contributed by atoms with E-state index in [1.54, 1.807) is 32.9 Å². The minimum absolute atomic E-state index is 0.00271. The molecule has 3 rings (SSSR count). The maximum atomic E-state index is 13.1. The van der Waals surface area contributed by atoms with Crippen molar-refractivity contribution < 1.29 is 18.7 Å². The summed E-state index contributed by atoms with van der Waals surface area (Å²) in [6.07, 6.45) is 0.748. The van der Waals surface area contributed by atoms with Crippen molar-refractivity contribution in [1.29, 1.82) is 0 Å². The number of esters is 1. The molecule has 0 aliphatic heterocycles. The number of aromatic nitrogens is 1. The number of ether oxygens (including phenoxy) is 1. The molecule has 1 unspecified atom stereocenters. The van der Waals surface area contributed by atoms with Crippen LogP contribution in [0.25, 0.3) is 0 Å². The molecule has 126 valence electrons. The molecule has 1 aliphatic rings. The van der Waals surface area contributed by atoms with Crippen LogP contribution in [0.4, 0.5) is 4.39 Å². The van der Waals surface area contributed by atoms with Gasteiger partial charge >= 0.3 is 5.97 Å². The van der Waals surface area contributed by atoms with Crippen LogP contribution in [0.2, 0.25) is 0 Å². The largest absolute Gasteiger partial charge is 0.458 e. The van der Waals surface area contributed by atoms with Gasteiger partial charge in [0.2, 0.25) is 0 Å². The lowest BCUT2D eigenvalue weighted by Crippen LogP contribution is -2.18. The monoisotopic (exact) mass is 329 g/mol. The molecule has 0 bridgehead atoms. The van der Waals surface area contributed by atoms with E-state index >= 15 is 0 Å². The van der Waals surface area contributed by atoms with Crippen molar-refractivity contribution in [2.75, 3.05) is 0 Å². The molecule has 1 N–H and O–H groups in total. The normalized spacial score (nSPS) is 17.0. The smallest absolute Gasteiger partial charge is 0.355 e. The number of hydrogen-bond donors (Lipinski definition) is 1. The van der Waals surface area contributed by atoms with Crippen molar-refractivity contribution in [2.24, 2.45) is 0 Å². The van der Waals surface area contributed by atoms with Crippen molar-refractivity contribution in [3.05, 3.63) is 58.2 Å².